The first-order valence-electron chi connectivity index (χ1n) is 7.65. The van der Waals surface area contributed by atoms with Crippen LogP contribution in [0.2, 0.25) is 0 Å². The van der Waals surface area contributed by atoms with Crippen LogP contribution in [0.25, 0.3) is 0 Å². The summed E-state index contributed by atoms with van der Waals surface area (Å²) >= 11 is 0. The van der Waals surface area contributed by atoms with E-state index < -0.39 is 0 Å². The predicted octanol–water partition coefficient (Wildman–Crippen LogP) is 2.78. The van der Waals surface area contributed by atoms with Gasteiger partial charge in [-0.05, 0) is 50.8 Å². The zero-order valence-electron chi connectivity index (χ0n) is 12.7. The normalized spacial score (nSPS) is 19.1. The number of aryl methyl sites for hydroxylation is 1. The first-order valence-corrected chi connectivity index (χ1v) is 7.65. The van der Waals surface area contributed by atoms with Crippen molar-refractivity contribution in [1.29, 1.82) is 0 Å². The fraction of sp³-hybridized carbons (Fsp3) is 0.647. The summed E-state index contributed by atoms with van der Waals surface area (Å²) in [6.45, 7) is 6.21. The van der Waals surface area contributed by atoms with Gasteiger partial charge in [-0.15, -0.1) is 0 Å². The summed E-state index contributed by atoms with van der Waals surface area (Å²) in [5.74, 6) is 0.721. The van der Waals surface area contributed by atoms with Gasteiger partial charge in [0.2, 0.25) is 0 Å². The lowest BCUT2D eigenvalue weighted by Crippen LogP contribution is -2.36. The molecule has 112 valence electrons. The minimum atomic E-state index is -0.340. The van der Waals surface area contributed by atoms with Crippen molar-refractivity contribution in [1.82, 2.24) is 4.90 Å². The Bertz CT molecular complexity index is 382. The number of rotatable bonds is 6. The molecule has 0 aliphatic carbocycles. The molecule has 1 unspecified atom stereocenters. The summed E-state index contributed by atoms with van der Waals surface area (Å²) in [5.41, 5.74) is 2.27. The number of likely N-dealkylation sites (tertiary alicyclic amines) is 1. The third kappa shape index (κ3) is 4.58. The standard InChI is InChI=1S/C17H27NO2/c1-14-3-5-16(6-4-14)17(19)9-12-18-10-7-15(8-11-18)13-20-2/h3-6,15,17,19H,7-13H2,1-2H3. The molecule has 1 aromatic rings. The van der Waals surface area contributed by atoms with Crippen LogP contribution in [0.1, 0.15) is 36.5 Å². The van der Waals surface area contributed by atoms with E-state index in [1.54, 1.807) is 7.11 Å². The number of aliphatic hydroxyl groups is 1. The molecule has 1 aliphatic heterocycles. The molecule has 0 bridgehead atoms. The van der Waals surface area contributed by atoms with Crippen molar-refractivity contribution in [3.05, 3.63) is 35.4 Å². The molecule has 1 atom stereocenters. The third-order valence-electron chi connectivity index (χ3n) is 4.29. The maximum absolute atomic E-state index is 10.2. The lowest BCUT2D eigenvalue weighted by Gasteiger charge is -2.32. The topological polar surface area (TPSA) is 32.7 Å². The van der Waals surface area contributed by atoms with E-state index >= 15 is 0 Å². The van der Waals surface area contributed by atoms with E-state index in [0.29, 0.717) is 0 Å². The van der Waals surface area contributed by atoms with Crippen LogP contribution >= 0.6 is 0 Å². The van der Waals surface area contributed by atoms with Crippen molar-refractivity contribution in [2.75, 3.05) is 33.4 Å². The van der Waals surface area contributed by atoms with Gasteiger partial charge < -0.3 is 14.7 Å². The average molecular weight is 277 g/mol. The van der Waals surface area contributed by atoms with Crippen LogP contribution < -0.4 is 0 Å². The third-order valence-corrected chi connectivity index (χ3v) is 4.29. The number of benzene rings is 1. The van der Waals surface area contributed by atoms with Crippen molar-refractivity contribution in [3.8, 4) is 0 Å². The van der Waals surface area contributed by atoms with E-state index in [4.69, 9.17) is 4.74 Å². The van der Waals surface area contributed by atoms with Crippen molar-refractivity contribution in [2.24, 2.45) is 5.92 Å². The second-order valence-corrected chi connectivity index (χ2v) is 5.96. The molecular weight excluding hydrogens is 250 g/mol. The molecule has 1 aliphatic rings. The molecule has 0 saturated carbocycles. The largest absolute Gasteiger partial charge is 0.388 e. The fourth-order valence-corrected chi connectivity index (χ4v) is 2.87. The van der Waals surface area contributed by atoms with E-state index in [9.17, 15) is 5.11 Å². The van der Waals surface area contributed by atoms with Gasteiger partial charge in [-0.25, -0.2) is 0 Å². The predicted molar refractivity (Wildman–Crippen MR) is 81.8 cm³/mol. The van der Waals surface area contributed by atoms with Gasteiger partial charge >= 0.3 is 0 Å². The van der Waals surface area contributed by atoms with E-state index in [1.807, 2.05) is 12.1 Å². The average Bonchev–Trinajstić information content (AvgIpc) is 2.47. The van der Waals surface area contributed by atoms with Gasteiger partial charge in [0.05, 0.1) is 6.10 Å². The lowest BCUT2D eigenvalue weighted by atomic mass is 9.97. The van der Waals surface area contributed by atoms with Crippen LogP contribution in [-0.4, -0.2) is 43.4 Å². The van der Waals surface area contributed by atoms with Gasteiger partial charge in [0.15, 0.2) is 0 Å². The van der Waals surface area contributed by atoms with Crippen LogP contribution in [-0.2, 0) is 4.74 Å². The first-order chi connectivity index (χ1) is 9.69. The minimum absolute atomic E-state index is 0.340. The molecule has 0 aromatic heterocycles. The van der Waals surface area contributed by atoms with E-state index in [2.05, 4.69) is 24.0 Å². The van der Waals surface area contributed by atoms with Crippen LogP contribution in [0.3, 0.4) is 0 Å². The minimum Gasteiger partial charge on any atom is -0.388 e. The summed E-state index contributed by atoms with van der Waals surface area (Å²) in [7, 11) is 1.78. The molecule has 20 heavy (non-hydrogen) atoms. The van der Waals surface area contributed by atoms with Gasteiger partial charge in [0, 0.05) is 20.3 Å². The zero-order chi connectivity index (χ0) is 14.4. The summed E-state index contributed by atoms with van der Waals surface area (Å²) < 4.78 is 5.22. The second-order valence-electron chi connectivity index (χ2n) is 5.96. The maximum Gasteiger partial charge on any atom is 0.0802 e. The monoisotopic (exact) mass is 277 g/mol. The summed E-state index contributed by atoms with van der Waals surface area (Å²) in [6, 6.07) is 8.19. The molecule has 2 rings (SSSR count). The van der Waals surface area contributed by atoms with E-state index in [0.717, 1.165) is 44.1 Å². The highest BCUT2D eigenvalue weighted by Crippen LogP contribution is 2.21. The number of hydrogen-bond donors (Lipinski definition) is 1. The van der Waals surface area contributed by atoms with Crippen molar-refractivity contribution < 1.29 is 9.84 Å². The summed E-state index contributed by atoms with van der Waals surface area (Å²) in [5, 5.41) is 10.2. The Morgan fingerprint density at radius 3 is 2.50 bits per heavy atom. The van der Waals surface area contributed by atoms with Gasteiger partial charge in [0.1, 0.15) is 0 Å². The first kappa shape index (κ1) is 15.5. The van der Waals surface area contributed by atoms with Crippen LogP contribution in [0.5, 0.6) is 0 Å². The molecule has 3 nitrogen and oxygen atoms in total. The Morgan fingerprint density at radius 1 is 1.25 bits per heavy atom. The molecule has 1 aromatic carbocycles. The molecule has 0 spiro atoms. The Labute approximate surface area is 122 Å². The fourth-order valence-electron chi connectivity index (χ4n) is 2.87. The van der Waals surface area contributed by atoms with E-state index in [1.165, 1.54) is 18.4 Å². The smallest absolute Gasteiger partial charge is 0.0802 e. The number of aliphatic hydroxyl groups excluding tert-OH is 1. The SMILES string of the molecule is COCC1CCN(CCC(O)c2ccc(C)cc2)CC1. The highest BCUT2D eigenvalue weighted by Gasteiger charge is 2.19. The number of methoxy groups -OCH3 is 1. The molecule has 1 heterocycles. The van der Waals surface area contributed by atoms with Gasteiger partial charge in [0.25, 0.3) is 0 Å². The van der Waals surface area contributed by atoms with Gasteiger partial charge in [-0.2, -0.15) is 0 Å². The Hall–Kier alpha value is -0.900. The molecule has 1 fully saturated rings. The summed E-state index contributed by atoms with van der Waals surface area (Å²) in [6.07, 6.45) is 2.91. The molecule has 0 amide bonds. The van der Waals surface area contributed by atoms with Crippen molar-refractivity contribution in [2.45, 2.75) is 32.3 Å². The van der Waals surface area contributed by atoms with Gasteiger partial charge in [-0.3, -0.25) is 0 Å². The van der Waals surface area contributed by atoms with Crippen LogP contribution in [0, 0.1) is 12.8 Å². The maximum atomic E-state index is 10.2. The molecule has 1 saturated heterocycles. The number of piperidine rings is 1. The molecular formula is C17H27NO2. The molecule has 0 radical (unpaired) electrons. The van der Waals surface area contributed by atoms with E-state index in [-0.39, 0.29) is 6.10 Å². The van der Waals surface area contributed by atoms with Gasteiger partial charge in [-0.1, -0.05) is 29.8 Å². The Morgan fingerprint density at radius 2 is 1.90 bits per heavy atom. The van der Waals surface area contributed by atoms with Crippen molar-refractivity contribution >= 4 is 0 Å². The molecule has 3 heteroatoms. The second kappa shape index (κ2) is 7.77. The van der Waals surface area contributed by atoms with Crippen molar-refractivity contribution in [3.63, 3.8) is 0 Å². The molecule has 1 N–H and O–H groups in total. The lowest BCUT2D eigenvalue weighted by molar-refractivity contribution is 0.0869. The number of hydrogen-bond acceptors (Lipinski definition) is 3. The summed E-state index contributed by atoms with van der Waals surface area (Å²) in [4.78, 5) is 2.46. The number of ether oxygens (including phenoxy) is 1. The Balaban J connectivity index is 1.71. The Kier molecular flexibility index (Phi) is 6.02. The highest BCUT2D eigenvalue weighted by atomic mass is 16.5. The number of nitrogens with zero attached hydrogens (tertiary/aromatic N) is 1. The van der Waals surface area contributed by atoms with Crippen LogP contribution in [0.4, 0.5) is 0 Å². The van der Waals surface area contributed by atoms with Crippen LogP contribution in [0.15, 0.2) is 24.3 Å². The zero-order valence-corrected chi connectivity index (χ0v) is 12.7. The quantitative estimate of drug-likeness (QED) is 0.868. The highest BCUT2D eigenvalue weighted by molar-refractivity contribution is 5.23.